The third-order valence-electron chi connectivity index (χ3n) is 1.40. The van der Waals surface area contributed by atoms with Gasteiger partial charge in [-0.3, -0.25) is 0 Å². The normalized spacial score (nSPS) is 9.82. The number of carbonyl (C=O) groups is 1. The van der Waals surface area contributed by atoms with Crippen LogP contribution in [0.2, 0.25) is 0 Å². The highest BCUT2D eigenvalue weighted by atomic mass is 16.7. The minimum atomic E-state index is -0.616. The summed E-state index contributed by atoms with van der Waals surface area (Å²) in [6.07, 6.45) is -0.616. The summed E-state index contributed by atoms with van der Waals surface area (Å²) in [4.78, 5) is 12.5. The molecular weight excluding hydrogens is 146 g/mol. The van der Waals surface area contributed by atoms with E-state index in [1.165, 1.54) is 7.11 Å². The van der Waals surface area contributed by atoms with Crippen molar-refractivity contribution in [2.24, 2.45) is 0 Å². The summed E-state index contributed by atoms with van der Waals surface area (Å²) in [5.74, 6) is 0. The first-order valence-corrected chi connectivity index (χ1v) is 3.60. The van der Waals surface area contributed by atoms with Crippen molar-refractivity contribution in [3.8, 4) is 0 Å². The number of hydrogen-bond donors (Lipinski definition) is 0. The minimum absolute atomic E-state index is 0.386. The quantitative estimate of drug-likeness (QED) is 0.569. The second-order valence-corrected chi connectivity index (χ2v) is 2.20. The number of ether oxygens (including phenoxy) is 2. The number of methoxy groups -OCH3 is 1. The molecule has 0 aromatic rings. The van der Waals surface area contributed by atoms with Gasteiger partial charge in [0, 0.05) is 6.54 Å². The fourth-order valence-corrected chi connectivity index (χ4v) is 0.502. The average molecular weight is 161 g/mol. The second-order valence-electron chi connectivity index (χ2n) is 2.20. The summed E-state index contributed by atoms with van der Waals surface area (Å²) >= 11 is 0. The largest absolute Gasteiger partial charge is 0.508 e. The van der Waals surface area contributed by atoms with Crippen LogP contribution in [0.25, 0.3) is 0 Å². The molecule has 4 heteroatoms. The highest BCUT2D eigenvalue weighted by molar-refractivity contribution is 5.59. The lowest BCUT2D eigenvalue weighted by molar-refractivity contribution is 0.0664. The van der Waals surface area contributed by atoms with Gasteiger partial charge in [-0.15, -0.1) is 0 Å². The van der Waals surface area contributed by atoms with Crippen LogP contribution < -0.4 is 0 Å². The highest BCUT2D eigenvalue weighted by Gasteiger charge is 2.00. The van der Waals surface area contributed by atoms with Gasteiger partial charge in [-0.1, -0.05) is 6.92 Å². The van der Waals surface area contributed by atoms with Crippen molar-refractivity contribution < 1.29 is 14.3 Å². The van der Waals surface area contributed by atoms with E-state index in [1.54, 1.807) is 0 Å². The summed E-state index contributed by atoms with van der Waals surface area (Å²) < 4.78 is 8.95. The van der Waals surface area contributed by atoms with Crippen molar-refractivity contribution in [2.45, 2.75) is 6.92 Å². The lowest BCUT2D eigenvalue weighted by Gasteiger charge is -2.12. The van der Waals surface area contributed by atoms with Crippen LogP contribution in [-0.2, 0) is 9.47 Å². The molecule has 66 valence electrons. The maximum Gasteiger partial charge on any atom is 0.508 e. The summed E-state index contributed by atoms with van der Waals surface area (Å²) in [5, 5.41) is 0. The van der Waals surface area contributed by atoms with E-state index in [0.717, 1.165) is 13.1 Å². The van der Waals surface area contributed by atoms with Gasteiger partial charge in [-0.05, 0) is 13.6 Å². The molecule has 0 bridgehead atoms. The van der Waals surface area contributed by atoms with Gasteiger partial charge >= 0.3 is 6.16 Å². The zero-order chi connectivity index (χ0) is 8.69. The Bertz CT molecular complexity index is 116. The molecule has 0 saturated heterocycles. The third-order valence-corrected chi connectivity index (χ3v) is 1.40. The van der Waals surface area contributed by atoms with Gasteiger partial charge in [-0.25, -0.2) is 4.79 Å². The molecule has 0 spiro atoms. The van der Waals surface area contributed by atoms with E-state index in [9.17, 15) is 4.79 Å². The summed E-state index contributed by atoms with van der Waals surface area (Å²) in [5.41, 5.74) is 0. The fraction of sp³-hybridized carbons (Fsp3) is 0.857. The predicted molar refractivity (Wildman–Crippen MR) is 41.5 cm³/mol. The van der Waals surface area contributed by atoms with Crippen LogP contribution in [0.1, 0.15) is 6.92 Å². The Labute approximate surface area is 67.1 Å². The Morgan fingerprint density at radius 1 is 1.55 bits per heavy atom. The maximum atomic E-state index is 10.4. The van der Waals surface area contributed by atoms with Crippen molar-refractivity contribution in [3.63, 3.8) is 0 Å². The number of likely N-dealkylation sites (N-methyl/N-ethyl adjacent to an activating group) is 1. The Hall–Kier alpha value is -0.770. The van der Waals surface area contributed by atoms with E-state index in [-0.39, 0.29) is 0 Å². The van der Waals surface area contributed by atoms with Crippen molar-refractivity contribution in [1.29, 1.82) is 0 Å². The molecule has 0 atom stereocenters. The zero-order valence-corrected chi connectivity index (χ0v) is 7.29. The SMILES string of the molecule is CCN(C)CCOC(=O)OC. The smallest absolute Gasteiger partial charge is 0.438 e. The number of rotatable bonds is 4. The van der Waals surface area contributed by atoms with Crippen molar-refractivity contribution in [1.82, 2.24) is 4.90 Å². The minimum Gasteiger partial charge on any atom is -0.438 e. The molecule has 0 aliphatic carbocycles. The van der Waals surface area contributed by atoms with Crippen molar-refractivity contribution in [2.75, 3.05) is 33.9 Å². The molecule has 0 unspecified atom stereocenters. The molecule has 0 aromatic heterocycles. The predicted octanol–water partition coefficient (Wildman–Crippen LogP) is 0.721. The first-order chi connectivity index (χ1) is 5.20. The summed E-state index contributed by atoms with van der Waals surface area (Å²) in [6.45, 7) is 4.12. The number of carbonyl (C=O) groups excluding carboxylic acids is 1. The Kier molecular flexibility index (Phi) is 5.56. The molecule has 0 N–H and O–H groups in total. The Balaban J connectivity index is 3.20. The second kappa shape index (κ2) is 5.97. The third kappa shape index (κ3) is 5.66. The average Bonchev–Trinajstić information content (AvgIpc) is 2.04. The highest BCUT2D eigenvalue weighted by Crippen LogP contribution is 1.84. The van der Waals surface area contributed by atoms with Crippen LogP contribution in [0.4, 0.5) is 4.79 Å². The van der Waals surface area contributed by atoms with Gasteiger partial charge in [0.05, 0.1) is 7.11 Å². The van der Waals surface area contributed by atoms with Crippen LogP contribution in [-0.4, -0.2) is 44.9 Å². The van der Waals surface area contributed by atoms with E-state index in [2.05, 4.69) is 9.47 Å². The fourth-order valence-electron chi connectivity index (χ4n) is 0.502. The van der Waals surface area contributed by atoms with Gasteiger partial charge in [0.15, 0.2) is 0 Å². The Morgan fingerprint density at radius 3 is 2.64 bits per heavy atom. The first-order valence-electron chi connectivity index (χ1n) is 3.60. The maximum absolute atomic E-state index is 10.4. The molecule has 11 heavy (non-hydrogen) atoms. The van der Waals surface area contributed by atoms with Crippen molar-refractivity contribution in [3.05, 3.63) is 0 Å². The monoisotopic (exact) mass is 161 g/mol. The molecule has 0 aliphatic rings. The van der Waals surface area contributed by atoms with Crippen LogP contribution in [0.3, 0.4) is 0 Å². The molecule has 0 saturated carbocycles. The number of hydrogen-bond acceptors (Lipinski definition) is 4. The first kappa shape index (κ1) is 10.2. The van der Waals surface area contributed by atoms with E-state index < -0.39 is 6.16 Å². The standard InChI is InChI=1S/C7H15NO3/c1-4-8(2)5-6-11-7(9)10-3/h4-6H2,1-3H3. The molecule has 0 amide bonds. The zero-order valence-electron chi connectivity index (χ0n) is 7.29. The molecule has 0 aromatic carbocycles. The van der Waals surface area contributed by atoms with E-state index >= 15 is 0 Å². The summed E-state index contributed by atoms with van der Waals surface area (Å²) in [7, 11) is 3.26. The van der Waals surface area contributed by atoms with Crippen molar-refractivity contribution >= 4 is 6.16 Å². The van der Waals surface area contributed by atoms with Crippen LogP contribution in [0.5, 0.6) is 0 Å². The summed E-state index contributed by atoms with van der Waals surface area (Å²) in [6, 6.07) is 0. The molecular formula is C7H15NO3. The van der Waals surface area contributed by atoms with Gasteiger partial charge in [0.1, 0.15) is 6.61 Å². The molecule has 0 fully saturated rings. The van der Waals surface area contributed by atoms with Gasteiger partial charge in [0.2, 0.25) is 0 Å². The van der Waals surface area contributed by atoms with Crippen LogP contribution in [0, 0.1) is 0 Å². The molecule has 0 rings (SSSR count). The molecule has 0 heterocycles. The van der Waals surface area contributed by atoms with Gasteiger partial charge in [-0.2, -0.15) is 0 Å². The molecule has 0 aliphatic heterocycles. The lowest BCUT2D eigenvalue weighted by Crippen LogP contribution is -2.23. The van der Waals surface area contributed by atoms with Gasteiger partial charge in [0.25, 0.3) is 0 Å². The molecule has 0 radical (unpaired) electrons. The Morgan fingerprint density at radius 2 is 2.18 bits per heavy atom. The van der Waals surface area contributed by atoms with E-state index in [1.807, 2.05) is 18.9 Å². The van der Waals surface area contributed by atoms with Crippen LogP contribution in [0.15, 0.2) is 0 Å². The topological polar surface area (TPSA) is 38.8 Å². The lowest BCUT2D eigenvalue weighted by atomic mass is 10.5. The van der Waals surface area contributed by atoms with Crippen LogP contribution >= 0.6 is 0 Å². The van der Waals surface area contributed by atoms with E-state index in [4.69, 9.17) is 0 Å². The number of nitrogens with zero attached hydrogens (tertiary/aromatic N) is 1. The molecule has 4 nitrogen and oxygen atoms in total. The van der Waals surface area contributed by atoms with E-state index in [0.29, 0.717) is 6.61 Å². The van der Waals surface area contributed by atoms with Gasteiger partial charge < -0.3 is 14.4 Å².